The number of carboxylic acid groups (broad SMARTS) is 1. The summed E-state index contributed by atoms with van der Waals surface area (Å²) in [6.45, 7) is 4.25. The van der Waals surface area contributed by atoms with Gasteiger partial charge in [-0.1, -0.05) is 19.9 Å². The van der Waals surface area contributed by atoms with E-state index in [-0.39, 0.29) is 17.3 Å². The molecule has 1 N–H and O–H groups in total. The van der Waals surface area contributed by atoms with E-state index >= 15 is 0 Å². The second kappa shape index (κ2) is 3.35. The van der Waals surface area contributed by atoms with Gasteiger partial charge in [-0.15, -0.1) is 0 Å². The molecule has 0 radical (unpaired) electrons. The quantitative estimate of drug-likeness (QED) is 0.788. The van der Waals surface area contributed by atoms with E-state index in [0.29, 0.717) is 24.6 Å². The molecule has 0 aromatic carbocycles. The number of aldehydes is 2. The lowest BCUT2D eigenvalue weighted by Gasteiger charge is -2.32. The minimum absolute atomic E-state index is 0.0195. The van der Waals surface area contributed by atoms with Crippen LogP contribution in [0.3, 0.4) is 0 Å². The van der Waals surface area contributed by atoms with Gasteiger partial charge >= 0.3 is 5.97 Å². The first-order valence-electron chi connectivity index (χ1n) is 6.70. The van der Waals surface area contributed by atoms with Crippen LogP contribution in [0.4, 0.5) is 0 Å². The Morgan fingerprint density at radius 2 is 2.05 bits per heavy atom. The Morgan fingerprint density at radius 1 is 1.37 bits per heavy atom. The molecule has 0 heterocycles. The summed E-state index contributed by atoms with van der Waals surface area (Å²) >= 11 is 0. The average molecular weight is 262 g/mol. The molecular formula is C15H18O4. The van der Waals surface area contributed by atoms with E-state index in [0.717, 1.165) is 12.8 Å². The van der Waals surface area contributed by atoms with Crippen molar-refractivity contribution in [1.29, 1.82) is 0 Å². The van der Waals surface area contributed by atoms with Gasteiger partial charge in [0.05, 0.1) is 10.8 Å². The standard InChI is InChI=1S/C15H18O4/c1-13(2)4-9-3-10(6-16)14(8-17)7-15(14,12(18)19)11(9)5-13/h3,6,8-9,11H,4-5,7H2,1-2H3,(H,18,19)/t9-,11+,14-,15-/m1/s1. The van der Waals surface area contributed by atoms with Gasteiger partial charge in [-0.3, -0.25) is 9.59 Å². The van der Waals surface area contributed by atoms with E-state index in [9.17, 15) is 19.5 Å². The maximum absolute atomic E-state index is 11.8. The van der Waals surface area contributed by atoms with Crippen molar-refractivity contribution < 1.29 is 19.5 Å². The second-order valence-corrected chi connectivity index (χ2v) is 7.13. The molecule has 3 aliphatic rings. The highest BCUT2D eigenvalue weighted by Crippen LogP contribution is 2.77. The van der Waals surface area contributed by atoms with Crippen LogP contribution < -0.4 is 0 Å². The largest absolute Gasteiger partial charge is 0.481 e. The molecule has 3 aliphatic carbocycles. The number of hydrogen-bond acceptors (Lipinski definition) is 3. The lowest BCUT2D eigenvalue weighted by molar-refractivity contribution is -0.149. The monoisotopic (exact) mass is 262 g/mol. The molecule has 2 saturated carbocycles. The molecule has 0 aromatic heterocycles. The van der Waals surface area contributed by atoms with Crippen LogP contribution in [0.25, 0.3) is 0 Å². The Labute approximate surface area is 111 Å². The molecule has 0 bridgehead atoms. The summed E-state index contributed by atoms with van der Waals surface area (Å²) in [6.07, 6.45) is 5.24. The molecule has 4 nitrogen and oxygen atoms in total. The number of carbonyl (C=O) groups is 3. The summed E-state index contributed by atoms with van der Waals surface area (Å²) in [7, 11) is 0. The van der Waals surface area contributed by atoms with Gasteiger partial charge in [0.25, 0.3) is 0 Å². The third kappa shape index (κ3) is 1.27. The van der Waals surface area contributed by atoms with Crippen molar-refractivity contribution in [2.24, 2.45) is 28.1 Å². The summed E-state index contributed by atoms with van der Waals surface area (Å²) in [5.41, 5.74) is -1.62. The molecule has 0 amide bonds. The number of carbonyl (C=O) groups excluding carboxylic acids is 2. The molecule has 0 aromatic rings. The van der Waals surface area contributed by atoms with Crippen LogP contribution in [0.2, 0.25) is 0 Å². The van der Waals surface area contributed by atoms with Crippen molar-refractivity contribution in [2.75, 3.05) is 0 Å². The molecule has 0 unspecified atom stereocenters. The molecule has 0 aliphatic heterocycles. The van der Waals surface area contributed by atoms with Gasteiger partial charge in [-0.2, -0.15) is 0 Å². The zero-order valence-electron chi connectivity index (χ0n) is 11.2. The molecule has 3 rings (SSSR count). The zero-order chi connectivity index (χ0) is 14.1. The Bertz CT molecular complexity index is 518. The van der Waals surface area contributed by atoms with Gasteiger partial charge in [0, 0.05) is 5.57 Å². The smallest absolute Gasteiger partial charge is 0.311 e. The fourth-order valence-corrected chi connectivity index (χ4v) is 4.71. The van der Waals surface area contributed by atoms with Gasteiger partial charge in [0.1, 0.15) is 12.6 Å². The van der Waals surface area contributed by atoms with E-state index in [1.807, 2.05) is 6.08 Å². The number of aliphatic carboxylic acids is 1. The number of hydrogen-bond donors (Lipinski definition) is 1. The second-order valence-electron chi connectivity index (χ2n) is 7.13. The third-order valence-corrected chi connectivity index (χ3v) is 5.56. The highest BCUT2D eigenvalue weighted by atomic mass is 16.4. The van der Waals surface area contributed by atoms with Crippen molar-refractivity contribution in [3.63, 3.8) is 0 Å². The summed E-state index contributed by atoms with van der Waals surface area (Å²) in [5.74, 6) is -0.824. The first-order valence-corrected chi connectivity index (χ1v) is 6.70. The van der Waals surface area contributed by atoms with Crippen LogP contribution in [0.15, 0.2) is 11.6 Å². The van der Waals surface area contributed by atoms with Crippen LogP contribution in [-0.2, 0) is 14.4 Å². The minimum atomic E-state index is -1.05. The van der Waals surface area contributed by atoms with Crippen molar-refractivity contribution in [3.8, 4) is 0 Å². The van der Waals surface area contributed by atoms with Crippen LogP contribution in [0.5, 0.6) is 0 Å². The normalized spacial score (nSPS) is 45.7. The van der Waals surface area contributed by atoms with Crippen LogP contribution in [0.1, 0.15) is 33.1 Å². The van der Waals surface area contributed by atoms with Gasteiger partial charge in [-0.05, 0) is 36.5 Å². The first kappa shape index (κ1) is 12.6. The van der Waals surface area contributed by atoms with Crippen LogP contribution in [0, 0.1) is 28.1 Å². The minimum Gasteiger partial charge on any atom is -0.481 e. The highest BCUT2D eigenvalue weighted by molar-refractivity contribution is 5.98. The summed E-state index contributed by atoms with van der Waals surface area (Å²) in [6, 6.07) is 0. The van der Waals surface area contributed by atoms with E-state index in [2.05, 4.69) is 13.8 Å². The van der Waals surface area contributed by atoms with Crippen molar-refractivity contribution in [2.45, 2.75) is 33.1 Å². The number of fused-ring (bicyclic) bond motifs is 3. The van der Waals surface area contributed by atoms with Crippen molar-refractivity contribution in [3.05, 3.63) is 11.6 Å². The Kier molecular flexibility index (Phi) is 2.22. The molecule has 4 atom stereocenters. The number of rotatable bonds is 3. The molecule has 0 saturated heterocycles. The maximum Gasteiger partial charge on any atom is 0.311 e. The van der Waals surface area contributed by atoms with Gasteiger partial charge < -0.3 is 9.90 Å². The zero-order valence-corrected chi connectivity index (χ0v) is 11.2. The number of allylic oxidation sites excluding steroid dienone is 2. The topological polar surface area (TPSA) is 71.4 Å². The number of carboxylic acids is 1. The van der Waals surface area contributed by atoms with E-state index in [4.69, 9.17) is 0 Å². The molecule has 2 fully saturated rings. The fourth-order valence-electron chi connectivity index (χ4n) is 4.71. The van der Waals surface area contributed by atoms with Crippen LogP contribution in [-0.4, -0.2) is 23.6 Å². The van der Waals surface area contributed by atoms with Gasteiger partial charge in [0.15, 0.2) is 0 Å². The molecule has 19 heavy (non-hydrogen) atoms. The maximum atomic E-state index is 11.8. The predicted molar refractivity (Wildman–Crippen MR) is 67.3 cm³/mol. The average Bonchev–Trinajstić information content (AvgIpc) is 2.95. The lowest BCUT2D eigenvalue weighted by Crippen LogP contribution is -2.38. The Balaban J connectivity index is 2.15. The predicted octanol–water partition coefficient (Wildman–Crippen LogP) is 1.84. The third-order valence-electron chi connectivity index (χ3n) is 5.56. The molecular weight excluding hydrogens is 244 g/mol. The van der Waals surface area contributed by atoms with Gasteiger partial charge in [-0.25, -0.2) is 0 Å². The highest BCUT2D eigenvalue weighted by Gasteiger charge is 2.80. The summed E-state index contributed by atoms with van der Waals surface area (Å²) in [4.78, 5) is 34.5. The van der Waals surface area contributed by atoms with E-state index in [1.165, 1.54) is 0 Å². The van der Waals surface area contributed by atoms with Crippen LogP contribution >= 0.6 is 0 Å². The SMILES string of the molecule is CC1(C)C[C@H]2C=C(C=O)[C@]3(C=O)C[C@]3(C(=O)O)[C@H]2C1. The Hall–Kier alpha value is -1.45. The fraction of sp³-hybridized carbons (Fsp3) is 0.667. The Morgan fingerprint density at radius 3 is 2.58 bits per heavy atom. The van der Waals surface area contributed by atoms with E-state index < -0.39 is 16.8 Å². The van der Waals surface area contributed by atoms with Crippen molar-refractivity contribution >= 4 is 18.5 Å². The van der Waals surface area contributed by atoms with Gasteiger partial charge in [0.2, 0.25) is 0 Å². The van der Waals surface area contributed by atoms with Crippen molar-refractivity contribution in [1.82, 2.24) is 0 Å². The molecule has 4 heteroatoms. The first-order chi connectivity index (χ1) is 8.83. The summed E-state index contributed by atoms with van der Waals surface area (Å²) in [5, 5.41) is 9.66. The summed E-state index contributed by atoms with van der Waals surface area (Å²) < 4.78 is 0. The lowest BCUT2D eigenvalue weighted by atomic mass is 9.69. The molecule has 0 spiro atoms. The molecule has 102 valence electrons. The van der Waals surface area contributed by atoms with E-state index in [1.54, 1.807) is 0 Å².